The molecule has 0 unspecified atom stereocenters. The van der Waals surface area contributed by atoms with Crippen LogP contribution < -0.4 is 0 Å². The molecule has 0 radical (unpaired) electrons. The van der Waals surface area contributed by atoms with Crippen molar-refractivity contribution >= 4 is 5.97 Å². The first-order valence-electron chi connectivity index (χ1n) is 2.67. The van der Waals surface area contributed by atoms with Crippen LogP contribution in [0.3, 0.4) is 0 Å². The number of hydrogen-bond acceptors (Lipinski definition) is 1. The highest BCUT2D eigenvalue weighted by Crippen LogP contribution is 2.14. The summed E-state index contributed by atoms with van der Waals surface area (Å²) in [6, 6.07) is 0. The van der Waals surface area contributed by atoms with Gasteiger partial charge in [0.15, 0.2) is 0 Å². The van der Waals surface area contributed by atoms with Crippen LogP contribution in [0, 0.1) is 0 Å². The molecule has 1 rings (SSSR count). The van der Waals surface area contributed by atoms with Gasteiger partial charge < -0.3 is 5.11 Å². The van der Waals surface area contributed by atoms with Crippen molar-refractivity contribution in [3.63, 3.8) is 0 Å². The molecule has 0 saturated heterocycles. The lowest BCUT2D eigenvalue weighted by atomic mass is 10.3. The Morgan fingerprint density at radius 3 is 2.60 bits per heavy atom. The second kappa shape index (κ2) is 2.47. The van der Waals surface area contributed by atoms with Gasteiger partial charge in [-0.25, -0.2) is 9.18 Å². The molecule has 0 aliphatic heterocycles. The molecule has 1 aliphatic carbocycles. The highest BCUT2D eigenvalue weighted by molar-refractivity contribution is 5.92. The van der Waals surface area contributed by atoms with Crippen LogP contribution in [0.2, 0.25) is 0 Å². The van der Waals surface area contributed by atoms with Gasteiger partial charge in [-0.2, -0.15) is 0 Å². The molecule has 52 valence electrons. The fraction of sp³-hybridized carbons (Fsp3) is 0. The van der Waals surface area contributed by atoms with E-state index in [0.717, 1.165) is 0 Å². The second-order valence-electron chi connectivity index (χ2n) is 1.85. The molecule has 0 aromatic rings. The molecular weight excluding hydrogens is 135 g/mol. The Labute approximate surface area is 57.0 Å². The zero-order valence-corrected chi connectivity index (χ0v) is 5.04. The van der Waals surface area contributed by atoms with E-state index in [0.29, 0.717) is 6.33 Å². The van der Waals surface area contributed by atoms with E-state index in [1.54, 1.807) is 0 Å². The SMILES string of the molecule is O=C(O)C1=C/C(=C/F)C=C1. The van der Waals surface area contributed by atoms with Crippen LogP contribution in [0.15, 0.2) is 35.7 Å². The Hall–Kier alpha value is -1.38. The maximum atomic E-state index is 11.7. The van der Waals surface area contributed by atoms with E-state index in [1.807, 2.05) is 0 Å². The Morgan fingerprint density at radius 2 is 2.30 bits per heavy atom. The molecule has 2 nitrogen and oxygen atoms in total. The standard InChI is InChI=1S/C7H5FO2/c8-4-5-1-2-6(3-5)7(9)10/h1-4H,(H,9,10)/b5-4+. The molecule has 1 N–H and O–H groups in total. The topological polar surface area (TPSA) is 37.3 Å². The zero-order valence-electron chi connectivity index (χ0n) is 5.04. The minimum absolute atomic E-state index is 0.115. The van der Waals surface area contributed by atoms with E-state index in [-0.39, 0.29) is 11.1 Å². The number of rotatable bonds is 1. The van der Waals surface area contributed by atoms with Crippen LogP contribution in [0.1, 0.15) is 0 Å². The third-order valence-corrected chi connectivity index (χ3v) is 1.15. The summed E-state index contributed by atoms with van der Waals surface area (Å²) in [6.45, 7) is 0. The summed E-state index contributed by atoms with van der Waals surface area (Å²) in [5, 5.41) is 8.36. The van der Waals surface area contributed by atoms with Gasteiger partial charge in [-0.1, -0.05) is 6.08 Å². The number of allylic oxidation sites excluding steroid dienone is 3. The van der Waals surface area contributed by atoms with Crippen LogP contribution in [-0.2, 0) is 4.79 Å². The predicted octanol–water partition coefficient (Wildman–Crippen LogP) is 1.42. The fourth-order valence-electron chi connectivity index (χ4n) is 0.663. The zero-order chi connectivity index (χ0) is 7.56. The molecule has 0 heterocycles. The average molecular weight is 140 g/mol. The number of carboxylic acids is 1. The molecule has 0 saturated carbocycles. The maximum Gasteiger partial charge on any atom is 0.335 e. The van der Waals surface area contributed by atoms with Crippen molar-refractivity contribution in [2.24, 2.45) is 0 Å². The molecule has 0 bridgehead atoms. The van der Waals surface area contributed by atoms with Crippen LogP contribution in [-0.4, -0.2) is 11.1 Å². The van der Waals surface area contributed by atoms with Crippen molar-refractivity contribution in [1.29, 1.82) is 0 Å². The number of aliphatic carboxylic acids is 1. The lowest BCUT2D eigenvalue weighted by Crippen LogP contribution is -1.94. The van der Waals surface area contributed by atoms with Crippen molar-refractivity contribution in [3.05, 3.63) is 35.7 Å². The normalized spacial score (nSPS) is 19.7. The van der Waals surface area contributed by atoms with Gasteiger partial charge in [0.1, 0.15) is 0 Å². The van der Waals surface area contributed by atoms with E-state index in [1.165, 1.54) is 18.2 Å². The summed E-state index contributed by atoms with van der Waals surface area (Å²) in [5.41, 5.74) is 0.404. The molecule has 0 aromatic heterocycles. The maximum absolute atomic E-state index is 11.7. The molecule has 3 heteroatoms. The summed E-state index contributed by atoms with van der Waals surface area (Å²) in [7, 11) is 0. The first-order chi connectivity index (χ1) is 4.74. The van der Waals surface area contributed by atoms with Crippen molar-refractivity contribution in [2.45, 2.75) is 0 Å². The van der Waals surface area contributed by atoms with Crippen LogP contribution in [0.25, 0.3) is 0 Å². The van der Waals surface area contributed by atoms with Gasteiger partial charge in [0, 0.05) is 5.57 Å². The van der Waals surface area contributed by atoms with Gasteiger partial charge in [-0.3, -0.25) is 0 Å². The summed E-state index contributed by atoms with van der Waals surface area (Å²) < 4.78 is 11.7. The molecular formula is C7H5FO2. The van der Waals surface area contributed by atoms with Gasteiger partial charge in [0.05, 0.1) is 11.9 Å². The van der Waals surface area contributed by atoms with Gasteiger partial charge in [0.25, 0.3) is 0 Å². The highest BCUT2D eigenvalue weighted by atomic mass is 19.1. The number of carboxylic acid groups (broad SMARTS) is 1. The average Bonchev–Trinajstić information content (AvgIpc) is 2.34. The van der Waals surface area contributed by atoms with Crippen molar-refractivity contribution < 1.29 is 14.3 Å². The highest BCUT2D eigenvalue weighted by Gasteiger charge is 2.08. The van der Waals surface area contributed by atoms with Gasteiger partial charge in [-0.05, 0) is 12.2 Å². The molecule has 0 atom stereocenters. The van der Waals surface area contributed by atoms with E-state index >= 15 is 0 Å². The smallest absolute Gasteiger partial charge is 0.335 e. The summed E-state index contributed by atoms with van der Waals surface area (Å²) in [4.78, 5) is 10.2. The lowest BCUT2D eigenvalue weighted by Gasteiger charge is -1.84. The van der Waals surface area contributed by atoms with Gasteiger partial charge in [-0.15, -0.1) is 0 Å². The monoisotopic (exact) mass is 140 g/mol. The molecule has 0 spiro atoms. The Balaban J connectivity index is 2.88. The van der Waals surface area contributed by atoms with Crippen LogP contribution in [0.5, 0.6) is 0 Å². The first-order valence-corrected chi connectivity index (χ1v) is 2.67. The van der Waals surface area contributed by atoms with Gasteiger partial charge >= 0.3 is 5.97 Å². The molecule has 0 amide bonds. The summed E-state index contributed by atoms with van der Waals surface area (Å²) >= 11 is 0. The quantitative estimate of drug-likeness (QED) is 0.598. The minimum atomic E-state index is -1.03. The van der Waals surface area contributed by atoms with Crippen molar-refractivity contribution in [1.82, 2.24) is 0 Å². The number of hydrogen-bond donors (Lipinski definition) is 1. The Morgan fingerprint density at radius 1 is 1.60 bits per heavy atom. The third kappa shape index (κ3) is 1.13. The summed E-state index contributed by atoms with van der Waals surface area (Å²) in [6.07, 6.45) is 4.39. The minimum Gasteiger partial charge on any atom is -0.478 e. The molecule has 0 fully saturated rings. The molecule has 0 aromatic carbocycles. The largest absolute Gasteiger partial charge is 0.478 e. The number of carbonyl (C=O) groups is 1. The van der Waals surface area contributed by atoms with Crippen LogP contribution in [0.4, 0.5) is 4.39 Å². The Kier molecular flexibility index (Phi) is 1.67. The predicted molar refractivity (Wildman–Crippen MR) is 34.0 cm³/mol. The Bertz CT molecular complexity index is 248. The second-order valence-corrected chi connectivity index (χ2v) is 1.85. The molecule has 1 aliphatic rings. The molecule has 10 heavy (non-hydrogen) atoms. The van der Waals surface area contributed by atoms with E-state index in [4.69, 9.17) is 5.11 Å². The fourth-order valence-corrected chi connectivity index (χ4v) is 0.663. The van der Waals surface area contributed by atoms with E-state index in [9.17, 15) is 9.18 Å². The van der Waals surface area contributed by atoms with E-state index in [2.05, 4.69) is 0 Å². The number of halogens is 1. The van der Waals surface area contributed by atoms with Crippen molar-refractivity contribution in [2.75, 3.05) is 0 Å². The van der Waals surface area contributed by atoms with Gasteiger partial charge in [0.2, 0.25) is 0 Å². The third-order valence-electron chi connectivity index (χ3n) is 1.15. The van der Waals surface area contributed by atoms with E-state index < -0.39 is 5.97 Å². The summed E-state index contributed by atoms with van der Waals surface area (Å²) in [5.74, 6) is -1.03. The van der Waals surface area contributed by atoms with Crippen molar-refractivity contribution in [3.8, 4) is 0 Å². The lowest BCUT2D eigenvalue weighted by molar-refractivity contribution is -0.132. The first kappa shape index (κ1) is 6.74. The van der Waals surface area contributed by atoms with Crippen LogP contribution >= 0.6 is 0 Å².